The quantitative estimate of drug-likeness (QED) is 0.473. The number of benzene rings is 2. The molecule has 6 nitrogen and oxygen atoms in total. The topological polar surface area (TPSA) is 87.7 Å². The minimum Gasteiger partial charge on any atom is -0.504 e. The van der Waals surface area contributed by atoms with Crippen LogP contribution in [0.2, 0.25) is 0 Å². The third-order valence-electron chi connectivity index (χ3n) is 3.72. The van der Waals surface area contributed by atoms with Crippen molar-refractivity contribution in [3.05, 3.63) is 65.1 Å². The summed E-state index contributed by atoms with van der Waals surface area (Å²) in [6.07, 6.45) is 1.51. The van der Waals surface area contributed by atoms with Gasteiger partial charge in [0.1, 0.15) is 5.82 Å². The summed E-state index contributed by atoms with van der Waals surface area (Å²) in [5, 5.41) is 14.5. The first kappa shape index (κ1) is 20.8. The Morgan fingerprint density at radius 3 is 2.64 bits per heavy atom. The predicted molar refractivity (Wildman–Crippen MR) is 94.9 cm³/mol. The molecule has 148 valence electrons. The average molecular weight is 394 g/mol. The van der Waals surface area contributed by atoms with Crippen LogP contribution in [-0.4, -0.2) is 24.0 Å². The lowest BCUT2D eigenvalue weighted by Crippen LogP contribution is -2.24. The normalized spacial score (nSPS) is 11.2. The van der Waals surface area contributed by atoms with Crippen LogP contribution in [0.25, 0.3) is 5.57 Å². The minimum absolute atomic E-state index is 0.0194. The van der Waals surface area contributed by atoms with Crippen LogP contribution in [0.4, 0.5) is 13.2 Å². The third kappa shape index (κ3) is 5.50. The van der Waals surface area contributed by atoms with Crippen LogP contribution in [0.15, 0.2) is 42.6 Å². The molecular weight excluding hydrogens is 377 g/mol. The predicted octanol–water partition coefficient (Wildman–Crippen LogP) is 2.84. The van der Waals surface area contributed by atoms with Crippen molar-refractivity contribution in [1.82, 2.24) is 10.6 Å². The van der Waals surface area contributed by atoms with Gasteiger partial charge in [0, 0.05) is 12.7 Å². The van der Waals surface area contributed by atoms with Gasteiger partial charge in [-0.2, -0.15) is 8.78 Å². The number of rotatable bonds is 8. The molecule has 0 heterocycles. The van der Waals surface area contributed by atoms with Crippen LogP contribution in [0.5, 0.6) is 11.5 Å². The summed E-state index contributed by atoms with van der Waals surface area (Å²) >= 11 is 0. The molecule has 0 bridgehead atoms. The maximum Gasteiger partial charge on any atom is 0.387 e. The number of halogens is 3. The first-order chi connectivity index (χ1) is 13.3. The SMILES string of the molecule is Cc1ccc(F)cc1/C(=C/NCc1ccc(OC(F)F)c(O)c1)C(=O)NC=O. The molecule has 2 rings (SSSR count). The monoisotopic (exact) mass is 394 g/mol. The molecule has 0 spiro atoms. The zero-order valence-corrected chi connectivity index (χ0v) is 14.7. The molecule has 0 aliphatic heterocycles. The molecule has 0 unspecified atom stereocenters. The number of aryl methyl sites for hydroxylation is 1. The van der Waals surface area contributed by atoms with Crippen LogP contribution in [0, 0.1) is 12.7 Å². The molecule has 2 aromatic rings. The van der Waals surface area contributed by atoms with E-state index in [9.17, 15) is 27.9 Å². The number of phenolic OH excluding ortho intramolecular Hbond substituents is 1. The third-order valence-corrected chi connectivity index (χ3v) is 3.72. The fourth-order valence-electron chi connectivity index (χ4n) is 2.42. The molecule has 2 amide bonds. The van der Waals surface area contributed by atoms with Crippen LogP contribution in [0.3, 0.4) is 0 Å². The summed E-state index contributed by atoms with van der Waals surface area (Å²) in [7, 11) is 0. The summed E-state index contributed by atoms with van der Waals surface area (Å²) < 4.78 is 42.1. The molecule has 0 atom stereocenters. The van der Waals surface area contributed by atoms with Crippen LogP contribution >= 0.6 is 0 Å². The maximum absolute atomic E-state index is 13.6. The van der Waals surface area contributed by atoms with Gasteiger partial charge in [0.25, 0.3) is 5.91 Å². The lowest BCUT2D eigenvalue weighted by atomic mass is 10.0. The molecule has 0 aliphatic rings. The van der Waals surface area contributed by atoms with E-state index in [1.165, 1.54) is 36.5 Å². The van der Waals surface area contributed by atoms with Gasteiger partial charge in [-0.1, -0.05) is 12.1 Å². The zero-order chi connectivity index (χ0) is 20.7. The van der Waals surface area contributed by atoms with Gasteiger partial charge in [-0.3, -0.25) is 14.9 Å². The Morgan fingerprint density at radius 2 is 2.00 bits per heavy atom. The fourth-order valence-corrected chi connectivity index (χ4v) is 2.42. The molecular formula is C19H17F3N2O4. The molecule has 28 heavy (non-hydrogen) atoms. The van der Waals surface area contributed by atoms with Crippen molar-refractivity contribution in [2.75, 3.05) is 0 Å². The largest absolute Gasteiger partial charge is 0.504 e. The molecule has 9 heteroatoms. The Kier molecular flexibility index (Phi) is 7.02. The lowest BCUT2D eigenvalue weighted by molar-refractivity contribution is -0.121. The summed E-state index contributed by atoms with van der Waals surface area (Å²) in [5.41, 5.74) is 1.42. The number of carbonyl (C=O) groups is 2. The number of hydrogen-bond donors (Lipinski definition) is 3. The van der Waals surface area contributed by atoms with E-state index in [0.717, 1.165) is 6.07 Å². The van der Waals surface area contributed by atoms with Gasteiger partial charge in [0.2, 0.25) is 6.41 Å². The maximum atomic E-state index is 13.6. The molecule has 0 radical (unpaired) electrons. The summed E-state index contributed by atoms with van der Waals surface area (Å²) in [4.78, 5) is 22.7. The second-order valence-corrected chi connectivity index (χ2v) is 5.67. The molecule has 2 aromatic carbocycles. The van der Waals surface area contributed by atoms with Crippen LogP contribution < -0.4 is 15.4 Å². The van der Waals surface area contributed by atoms with Crippen molar-refractivity contribution in [1.29, 1.82) is 0 Å². The number of ether oxygens (including phenoxy) is 1. The minimum atomic E-state index is -3.06. The van der Waals surface area contributed by atoms with Crippen molar-refractivity contribution < 1.29 is 32.6 Å². The van der Waals surface area contributed by atoms with Crippen LogP contribution in [-0.2, 0) is 16.1 Å². The second kappa shape index (κ2) is 9.45. The van der Waals surface area contributed by atoms with Gasteiger partial charge in [0.15, 0.2) is 11.5 Å². The molecule has 0 saturated carbocycles. The van der Waals surface area contributed by atoms with Gasteiger partial charge in [-0.25, -0.2) is 4.39 Å². The first-order valence-electron chi connectivity index (χ1n) is 8.03. The van der Waals surface area contributed by atoms with E-state index >= 15 is 0 Å². The highest BCUT2D eigenvalue weighted by molar-refractivity contribution is 6.22. The summed E-state index contributed by atoms with van der Waals surface area (Å²) in [6.45, 7) is -1.28. The van der Waals surface area contributed by atoms with Gasteiger partial charge in [-0.05, 0) is 47.9 Å². The van der Waals surface area contributed by atoms with E-state index in [-0.39, 0.29) is 29.8 Å². The van der Waals surface area contributed by atoms with Crippen molar-refractivity contribution in [3.8, 4) is 11.5 Å². The molecule has 0 aromatic heterocycles. The highest BCUT2D eigenvalue weighted by Crippen LogP contribution is 2.28. The number of alkyl halides is 2. The van der Waals surface area contributed by atoms with Crippen molar-refractivity contribution >= 4 is 17.9 Å². The van der Waals surface area contributed by atoms with Gasteiger partial charge in [-0.15, -0.1) is 0 Å². The number of phenols is 1. The molecule has 0 saturated heterocycles. The Hall–Kier alpha value is -3.49. The van der Waals surface area contributed by atoms with Crippen molar-refractivity contribution in [2.24, 2.45) is 0 Å². The highest BCUT2D eigenvalue weighted by Gasteiger charge is 2.15. The number of carbonyl (C=O) groups excluding carboxylic acids is 2. The van der Waals surface area contributed by atoms with Gasteiger partial charge < -0.3 is 15.2 Å². The first-order valence-corrected chi connectivity index (χ1v) is 8.03. The van der Waals surface area contributed by atoms with Crippen LogP contribution in [0.1, 0.15) is 16.7 Å². The summed E-state index contributed by atoms with van der Waals surface area (Å²) in [6, 6.07) is 7.74. The van der Waals surface area contributed by atoms with Gasteiger partial charge >= 0.3 is 6.61 Å². The van der Waals surface area contributed by atoms with E-state index in [0.29, 0.717) is 11.1 Å². The van der Waals surface area contributed by atoms with E-state index in [2.05, 4.69) is 10.1 Å². The fraction of sp³-hybridized carbons (Fsp3) is 0.158. The van der Waals surface area contributed by atoms with Gasteiger partial charge in [0.05, 0.1) is 5.57 Å². The molecule has 0 fully saturated rings. The Balaban J connectivity index is 2.21. The standard InChI is InChI=1S/C19H17F3N2O4/c1-11-2-4-13(20)7-14(11)15(18(27)24-10-25)9-23-8-12-3-5-17(16(26)6-12)28-19(21)22/h2-7,9-10,19,23,26H,8H2,1H3,(H,24,25,27)/b15-9-. The molecule has 0 aliphatic carbocycles. The van der Waals surface area contributed by atoms with Crippen molar-refractivity contribution in [2.45, 2.75) is 20.1 Å². The highest BCUT2D eigenvalue weighted by atomic mass is 19.3. The van der Waals surface area contributed by atoms with E-state index < -0.39 is 24.1 Å². The lowest BCUT2D eigenvalue weighted by Gasteiger charge is -2.11. The summed E-state index contributed by atoms with van der Waals surface area (Å²) in [5.74, 6) is -2.12. The van der Waals surface area contributed by atoms with E-state index in [1.54, 1.807) is 6.92 Å². The van der Waals surface area contributed by atoms with E-state index in [1.807, 2.05) is 5.32 Å². The van der Waals surface area contributed by atoms with Crippen molar-refractivity contribution in [3.63, 3.8) is 0 Å². The Labute approximate surface area is 158 Å². The number of amides is 2. The Bertz CT molecular complexity index is 901. The smallest absolute Gasteiger partial charge is 0.387 e. The number of hydrogen-bond acceptors (Lipinski definition) is 5. The zero-order valence-electron chi connectivity index (χ0n) is 14.7. The average Bonchev–Trinajstić information content (AvgIpc) is 2.63. The number of imide groups is 1. The van der Waals surface area contributed by atoms with E-state index in [4.69, 9.17) is 0 Å². The number of nitrogens with one attached hydrogen (secondary N) is 2. The second-order valence-electron chi connectivity index (χ2n) is 5.67. The number of aromatic hydroxyl groups is 1. The molecule has 3 N–H and O–H groups in total. The Morgan fingerprint density at radius 1 is 1.25 bits per heavy atom.